The predicted octanol–water partition coefficient (Wildman–Crippen LogP) is 2.50. The van der Waals surface area contributed by atoms with Crippen LogP contribution in [0.5, 0.6) is 0 Å². The lowest BCUT2D eigenvalue weighted by molar-refractivity contribution is 0.102. The number of para-hydroxylation sites is 1. The van der Waals surface area contributed by atoms with Crippen molar-refractivity contribution in [3.63, 3.8) is 0 Å². The minimum Gasteiger partial charge on any atom is -0.475 e. The maximum atomic E-state index is 12.2. The van der Waals surface area contributed by atoms with Crippen molar-refractivity contribution in [3.05, 3.63) is 59.9 Å². The minimum absolute atomic E-state index is 0.141. The van der Waals surface area contributed by atoms with Crippen LogP contribution in [0.1, 0.15) is 22.8 Å². The smallest absolute Gasteiger partial charge is 0.257 e. The molecule has 0 spiro atoms. The van der Waals surface area contributed by atoms with Gasteiger partial charge in [-0.1, -0.05) is 12.1 Å². The molecule has 5 heteroatoms. The van der Waals surface area contributed by atoms with Gasteiger partial charge in [0.05, 0.1) is 22.9 Å². The minimum atomic E-state index is -0.206. The van der Waals surface area contributed by atoms with Gasteiger partial charge in [0.25, 0.3) is 5.91 Å². The second kappa shape index (κ2) is 5.75. The van der Waals surface area contributed by atoms with E-state index in [9.17, 15) is 4.79 Å². The molecule has 2 heterocycles. The Hall–Kier alpha value is -2.69. The highest BCUT2D eigenvalue weighted by atomic mass is 16.5. The van der Waals surface area contributed by atoms with E-state index in [4.69, 9.17) is 4.74 Å². The molecule has 0 radical (unpaired) electrons. The van der Waals surface area contributed by atoms with Gasteiger partial charge in [0.15, 0.2) is 0 Å². The molecular formula is C16H15N3O2. The summed E-state index contributed by atoms with van der Waals surface area (Å²) in [6, 6.07) is 11.1. The van der Waals surface area contributed by atoms with E-state index in [-0.39, 0.29) is 11.9 Å². The number of benzene rings is 1. The summed E-state index contributed by atoms with van der Waals surface area (Å²) in [5.74, 6) is 0.367. The number of amides is 1. The van der Waals surface area contributed by atoms with Crippen molar-refractivity contribution in [1.82, 2.24) is 4.98 Å². The van der Waals surface area contributed by atoms with Crippen molar-refractivity contribution in [3.8, 4) is 0 Å². The Labute approximate surface area is 122 Å². The first-order valence-electron chi connectivity index (χ1n) is 6.75. The first-order chi connectivity index (χ1) is 10.2. The molecule has 5 nitrogen and oxygen atoms in total. The van der Waals surface area contributed by atoms with Gasteiger partial charge in [-0.05, 0) is 31.2 Å². The number of anilines is 1. The standard InChI is InChI=1S/C16H15N3O2/c1-11-10-21-16(18-11)13-6-2-3-7-14(13)19-15(20)12-5-4-8-17-9-12/h2-9,11H,10H2,1H3,(H,19,20)/t11-/m1/s1. The maximum Gasteiger partial charge on any atom is 0.257 e. The third-order valence-corrected chi connectivity index (χ3v) is 3.13. The predicted molar refractivity (Wildman–Crippen MR) is 80.6 cm³/mol. The van der Waals surface area contributed by atoms with Gasteiger partial charge in [0.2, 0.25) is 5.90 Å². The summed E-state index contributed by atoms with van der Waals surface area (Å²) in [5, 5.41) is 2.88. The van der Waals surface area contributed by atoms with Gasteiger partial charge in [0, 0.05) is 12.4 Å². The van der Waals surface area contributed by atoms with E-state index in [0.717, 1.165) is 5.56 Å². The van der Waals surface area contributed by atoms with E-state index in [0.29, 0.717) is 23.8 Å². The van der Waals surface area contributed by atoms with E-state index >= 15 is 0 Å². The zero-order valence-corrected chi connectivity index (χ0v) is 11.6. The molecule has 0 saturated heterocycles. The molecule has 0 bridgehead atoms. The highest BCUT2D eigenvalue weighted by molar-refractivity contribution is 6.09. The second-order valence-corrected chi connectivity index (χ2v) is 4.84. The van der Waals surface area contributed by atoms with E-state index in [1.165, 1.54) is 6.20 Å². The van der Waals surface area contributed by atoms with Crippen molar-refractivity contribution in [1.29, 1.82) is 0 Å². The topological polar surface area (TPSA) is 63.6 Å². The number of pyridine rings is 1. The molecule has 3 rings (SSSR count). The van der Waals surface area contributed by atoms with Crippen LogP contribution in [0, 0.1) is 0 Å². The number of rotatable bonds is 3. The fraction of sp³-hybridized carbons (Fsp3) is 0.188. The van der Waals surface area contributed by atoms with E-state index < -0.39 is 0 Å². The van der Waals surface area contributed by atoms with E-state index in [2.05, 4.69) is 15.3 Å². The van der Waals surface area contributed by atoms with E-state index in [1.54, 1.807) is 18.3 Å². The number of carbonyl (C=O) groups excluding carboxylic acids is 1. The third-order valence-electron chi connectivity index (χ3n) is 3.13. The molecule has 1 atom stereocenters. The van der Waals surface area contributed by atoms with Crippen molar-refractivity contribution in [2.75, 3.05) is 11.9 Å². The molecular weight excluding hydrogens is 266 g/mol. The number of nitrogens with one attached hydrogen (secondary N) is 1. The van der Waals surface area contributed by atoms with Gasteiger partial charge in [-0.2, -0.15) is 0 Å². The van der Waals surface area contributed by atoms with Crippen molar-refractivity contribution >= 4 is 17.5 Å². The lowest BCUT2D eigenvalue weighted by Gasteiger charge is -2.10. The van der Waals surface area contributed by atoms with Crippen LogP contribution in [0.15, 0.2) is 53.8 Å². The molecule has 1 N–H and O–H groups in total. The van der Waals surface area contributed by atoms with Gasteiger partial charge in [-0.15, -0.1) is 0 Å². The van der Waals surface area contributed by atoms with Crippen LogP contribution < -0.4 is 5.32 Å². The Morgan fingerprint density at radius 3 is 2.86 bits per heavy atom. The quantitative estimate of drug-likeness (QED) is 0.940. The molecule has 1 aliphatic heterocycles. The molecule has 106 valence electrons. The number of nitrogens with zero attached hydrogens (tertiary/aromatic N) is 2. The second-order valence-electron chi connectivity index (χ2n) is 4.84. The highest BCUT2D eigenvalue weighted by Crippen LogP contribution is 2.21. The molecule has 2 aromatic rings. The average Bonchev–Trinajstić information content (AvgIpc) is 2.95. The number of aliphatic imine (C=N–C) groups is 1. The molecule has 1 amide bonds. The fourth-order valence-electron chi connectivity index (χ4n) is 2.09. The lowest BCUT2D eigenvalue weighted by Crippen LogP contribution is -2.15. The molecule has 0 fully saturated rings. The molecule has 21 heavy (non-hydrogen) atoms. The summed E-state index contributed by atoms with van der Waals surface area (Å²) in [7, 11) is 0. The van der Waals surface area contributed by atoms with Crippen LogP contribution in [-0.4, -0.2) is 29.4 Å². The monoisotopic (exact) mass is 281 g/mol. The highest BCUT2D eigenvalue weighted by Gasteiger charge is 2.19. The fourth-order valence-corrected chi connectivity index (χ4v) is 2.09. The zero-order chi connectivity index (χ0) is 14.7. The summed E-state index contributed by atoms with van der Waals surface area (Å²) >= 11 is 0. The van der Waals surface area contributed by atoms with Crippen LogP contribution in [0.25, 0.3) is 0 Å². The zero-order valence-electron chi connectivity index (χ0n) is 11.6. The van der Waals surface area contributed by atoms with E-state index in [1.807, 2.05) is 31.2 Å². The largest absolute Gasteiger partial charge is 0.475 e. The third kappa shape index (κ3) is 2.91. The maximum absolute atomic E-state index is 12.2. The van der Waals surface area contributed by atoms with Crippen molar-refractivity contribution in [2.24, 2.45) is 4.99 Å². The SMILES string of the molecule is C[C@@H]1COC(c2ccccc2NC(=O)c2cccnc2)=N1. The molecule has 0 unspecified atom stereocenters. The first kappa shape index (κ1) is 13.3. The number of aromatic nitrogens is 1. The normalized spacial score (nSPS) is 17.0. The average molecular weight is 281 g/mol. The van der Waals surface area contributed by atoms with Crippen LogP contribution in [0.2, 0.25) is 0 Å². The molecule has 1 aliphatic rings. The molecule has 1 aromatic carbocycles. The summed E-state index contributed by atoms with van der Waals surface area (Å²) in [6.07, 6.45) is 3.16. The van der Waals surface area contributed by atoms with Crippen molar-refractivity contribution < 1.29 is 9.53 Å². The molecule has 1 aromatic heterocycles. The van der Waals surface area contributed by atoms with Gasteiger partial charge in [0.1, 0.15) is 6.61 Å². The summed E-state index contributed by atoms with van der Waals surface area (Å²) in [4.78, 5) is 20.6. The Balaban J connectivity index is 1.86. The van der Waals surface area contributed by atoms with Crippen LogP contribution in [-0.2, 0) is 4.74 Å². The summed E-state index contributed by atoms with van der Waals surface area (Å²) in [5.41, 5.74) is 1.98. The van der Waals surface area contributed by atoms with Crippen LogP contribution >= 0.6 is 0 Å². The Bertz CT molecular complexity index is 683. The van der Waals surface area contributed by atoms with Crippen LogP contribution in [0.4, 0.5) is 5.69 Å². The number of ether oxygens (including phenoxy) is 1. The Kier molecular flexibility index (Phi) is 3.64. The Morgan fingerprint density at radius 1 is 1.29 bits per heavy atom. The van der Waals surface area contributed by atoms with Gasteiger partial charge >= 0.3 is 0 Å². The number of carbonyl (C=O) groups is 1. The molecule has 0 aliphatic carbocycles. The van der Waals surface area contributed by atoms with Crippen LogP contribution in [0.3, 0.4) is 0 Å². The molecule has 0 saturated carbocycles. The van der Waals surface area contributed by atoms with Gasteiger partial charge in [-0.25, -0.2) is 4.99 Å². The summed E-state index contributed by atoms with van der Waals surface area (Å²) in [6.45, 7) is 2.56. The number of hydrogen-bond donors (Lipinski definition) is 1. The Morgan fingerprint density at radius 2 is 2.14 bits per heavy atom. The number of hydrogen-bond acceptors (Lipinski definition) is 4. The summed E-state index contributed by atoms with van der Waals surface area (Å²) < 4.78 is 5.57. The lowest BCUT2D eigenvalue weighted by atomic mass is 10.1. The van der Waals surface area contributed by atoms with Crippen molar-refractivity contribution in [2.45, 2.75) is 13.0 Å². The van der Waals surface area contributed by atoms with Gasteiger partial charge < -0.3 is 10.1 Å². The van der Waals surface area contributed by atoms with Gasteiger partial charge in [-0.3, -0.25) is 9.78 Å². The first-order valence-corrected chi connectivity index (χ1v) is 6.75.